The van der Waals surface area contributed by atoms with E-state index in [2.05, 4.69) is 36.5 Å². The molecule has 0 saturated carbocycles. The third-order valence-electron chi connectivity index (χ3n) is 7.61. The van der Waals surface area contributed by atoms with Crippen molar-refractivity contribution in [3.05, 3.63) is 94.8 Å². The highest BCUT2D eigenvalue weighted by Gasteiger charge is 2.24. The molecule has 0 fully saturated rings. The summed E-state index contributed by atoms with van der Waals surface area (Å²) in [6, 6.07) is 22.5. The van der Waals surface area contributed by atoms with Crippen LogP contribution in [-0.2, 0) is 33.8 Å². The number of hydrogen-bond acceptors (Lipinski definition) is 4. The van der Waals surface area contributed by atoms with Gasteiger partial charge in [0.05, 0.1) is 23.9 Å². The molecule has 0 spiro atoms. The molecule has 2 aromatic carbocycles. The number of carboxylic acids is 1. The Kier molecular flexibility index (Phi) is 14.0. The number of aryl methyl sites for hydroxylation is 2. The van der Waals surface area contributed by atoms with E-state index < -0.39 is 11.9 Å². The second-order valence-electron chi connectivity index (χ2n) is 11.0. The van der Waals surface area contributed by atoms with Crippen LogP contribution in [0.4, 0.5) is 5.69 Å². The van der Waals surface area contributed by atoms with Gasteiger partial charge in [0.25, 0.3) is 0 Å². The summed E-state index contributed by atoms with van der Waals surface area (Å²) in [7, 11) is 0. The monoisotopic (exact) mass is 570 g/mol. The number of pyridine rings is 1. The third kappa shape index (κ3) is 11.6. The summed E-state index contributed by atoms with van der Waals surface area (Å²) in [5.74, 6) is -1.82. The first kappa shape index (κ1) is 32.7. The Bertz CT molecular complexity index is 1290. The fraction of sp³-hybridized carbons (Fsp3) is 0.417. The SMILES string of the molecule is CCCCc1ccc(CCCCOCc2cccc(/C=C/c3cccc(NC(=O)CC(CC)C(C)C(=O)O)c3)n2)cc1. The number of unbranched alkanes of at least 4 members (excludes halogenated alkanes) is 2. The molecule has 2 unspecified atom stereocenters. The van der Waals surface area contributed by atoms with Crippen LogP contribution in [-0.4, -0.2) is 28.6 Å². The molecule has 6 nitrogen and oxygen atoms in total. The average molecular weight is 571 g/mol. The van der Waals surface area contributed by atoms with Crippen molar-refractivity contribution >= 4 is 29.7 Å². The third-order valence-corrected chi connectivity index (χ3v) is 7.61. The van der Waals surface area contributed by atoms with E-state index in [1.165, 1.54) is 30.4 Å². The van der Waals surface area contributed by atoms with Crippen LogP contribution in [0.1, 0.15) is 87.4 Å². The molecule has 2 N–H and O–H groups in total. The van der Waals surface area contributed by atoms with Crippen LogP contribution >= 0.6 is 0 Å². The number of carbonyl (C=O) groups is 2. The van der Waals surface area contributed by atoms with Crippen LogP contribution in [0, 0.1) is 11.8 Å². The maximum absolute atomic E-state index is 12.5. The number of anilines is 1. The fourth-order valence-corrected chi connectivity index (χ4v) is 4.86. The minimum atomic E-state index is -0.874. The zero-order valence-electron chi connectivity index (χ0n) is 25.4. The average Bonchev–Trinajstić information content (AvgIpc) is 3.00. The lowest BCUT2D eigenvalue weighted by Gasteiger charge is -2.18. The van der Waals surface area contributed by atoms with E-state index in [1.807, 2.05) is 61.5 Å². The van der Waals surface area contributed by atoms with Crippen LogP contribution in [0.15, 0.2) is 66.7 Å². The molecule has 42 heavy (non-hydrogen) atoms. The lowest BCUT2D eigenvalue weighted by molar-refractivity contribution is -0.143. The lowest BCUT2D eigenvalue weighted by Crippen LogP contribution is -2.25. The number of carbonyl (C=O) groups excluding carboxylic acids is 1. The molecule has 3 rings (SSSR count). The number of rotatable bonds is 18. The van der Waals surface area contributed by atoms with Crippen molar-refractivity contribution in [1.82, 2.24) is 4.98 Å². The number of carboxylic acid groups (broad SMARTS) is 1. The number of nitrogens with zero attached hydrogens (tertiary/aromatic N) is 1. The predicted molar refractivity (Wildman–Crippen MR) is 171 cm³/mol. The van der Waals surface area contributed by atoms with E-state index in [9.17, 15) is 14.7 Å². The summed E-state index contributed by atoms with van der Waals surface area (Å²) in [6.07, 6.45) is 11.6. The zero-order chi connectivity index (χ0) is 30.2. The summed E-state index contributed by atoms with van der Waals surface area (Å²) >= 11 is 0. The smallest absolute Gasteiger partial charge is 0.306 e. The van der Waals surface area contributed by atoms with E-state index in [4.69, 9.17) is 9.72 Å². The Balaban J connectivity index is 1.42. The topological polar surface area (TPSA) is 88.5 Å². The van der Waals surface area contributed by atoms with E-state index in [1.54, 1.807) is 6.92 Å². The quantitative estimate of drug-likeness (QED) is 0.150. The lowest BCUT2D eigenvalue weighted by atomic mass is 9.88. The summed E-state index contributed by atoms with van der Waals surface area (Å²) < 4.78 is 5.90. The molecule has 0 aliphatic heterocycles. The molecule has 3 aromatic rings. The van der Waals surface area contributed by atoms with Crippen molar-refractivity contribution in [2.75, 3.05) is 11.9 Å². The van der Waals surface area contributed by atoms with Gasteiger partial charge in [0.1, 0.15) is 0 Å². The van der Waals surface area contributed by atoms with E-state index >= 15 is 0 Å². The first-order chi connectivity index (χ1) is 20.4. The van der Waals surface area contributed by atoms with Crippen molar-refractivity contribution in [3.63, 3.8) is 0 Å². The molecule has 0 saturated heterocycles. The molecular formula is C36H46N2O4. The van der Waals surface area contributed by atoms with Crippen molar-refractivity contribution in [3.8, 4) is 0 Å². The first-order valence-electron chi connectivity index (χ1n) is 15.3. The van der Waals surface area contributed by atoms with Crippen LogP contribution in [0.3, 0.4) is 0 Å². The van der Waals surface area contributed by atoms with Crippen molar-refractivity contribution in [1.29, 1.82) is 0 Å². The second kappa shape index (κ2) is 17.9. The van der Waals surface area contributed by atoms with Crippen molar-refractivity contribution < 1.29 is 19.4 Å². The normalized spacial score (nSPS) is 12.7. The number of hydrogen-bond donors (Lipinski definition) is 2. The van der Waals surface area contributed by atoms with Crippen LogP contribution in [0.25, 0.3) is 12.2 Å². The van der Waals surface area contributed by atoms with Gasteiger partial charge in [-0.1, -0.05) is 82.2 Å². The Morgan fingerprint density at radius 1 is 0.929 bits per heavy atom. The van der Waals surface area contributed by atoms with Gasteiger partial charge in [-0.3, -0.25) is 14.6 Å². The van der Waals surface area contributed by atoms with Crippen LogP contribution in [0.2, 0.25) is 0 Å². The summed E-state index contributed by atoms with van der Waals surface area (Å²) in [5.41, 5.74) is 6.15. The molecule has 224 valence electrons. The molecule has 1 heterocycles. The van der Waals surface area contributed by atoms with Gasteiger partial charge >= 0.3 is 5.97 Å². The number of nitrogens with one attached hydrogen (secondary N) is 1. The molecule has 1 amide bonds. The molecule has 0 aliphatic carbocycles. The summed E-state index contributed by atoms with van der Waals surface area (Å²) in [5, 5.41) is 12.2. The van der Waals surface area contributed by atoms with E-state index in [0.717, 1.165) is 36.2 Å². The second-order valence-corrected chi connectivity index (χ2v) is 11.0. The number of benzene rings is 2. The van der Waals surface area contributed by atoms with Gasteiger partial charge in [-0.2, -0.15) is 0 Å². The maximum Gasteiger partial charge on any atom is 0.306 e. The molecule has 0 bridgehead atoms. The van der Waals surface area contributed by atoms with Crippen molar-refractivity contribution in [2.45, 2.75) is 78.7 Å². The first-order valence-corrected chi connectivity index (χ1v) is 15.3. The standard InChI is InChI=1S/C36H46N2O4/c1-4-6-11-28-17-19-29(20-18-28)12-7-8-23-42-26-34-16-10-14-32(37-34)22-21-30-13-9-15-33(24-30)38-35(39)25-31(5-2)27(3)36(40)41/h9-10,13-22,24,27,31H,4-8,11-12,23,25-26H2,1-3H3,(H,38,39)(H,40,41)/b22-21+. The minimum absolute atomic E-state index is 0.176. The number of aliphatic carboxylic acids is 1. The molecule has 6 heteroatoms. The highest BCUT2D eigenvalue weighted by Crippen LogP contribution is 2.21. The van der Waals surface area contributed by atoms with Gasteiger partial charge in [-0.05, 0) is 85.1 Å². The number of amides is 1. The predicted octanol–water partition coefficient (Wildman–Crippen LogP) is 8.21. The Hall–Kier alpha value is -3.77. The molecule has 0 radical (unpaired) electrons. The largest absolute Gasteiger partial charge is 0.481 e. The van der Waals surface area contributed by atoms with Gasteiger partial charge < -0.3 is 15.2 Å². The molecule has 2 atom stereocenters. The van der Waals surface area contributed by atoms with Crippen LogP contribution < -0.4 is 5.32 Å². The summed E-state index contributed by atoms with van der Waals surface area (Å²) in [6.45, 7) is 6.98. The van der Waals surface area contributed by atoms with Gasteiger partial charge in [0.2, 0.25) is 5.91 Å². The Morgan fingerprint density at radius 3 is 2.33 bits per heavy atom. The molecule has 0 aliphatic rings. The molecular weight excluding hydrogens is 524 g/mol. The van der Waals surface area contributed by atoms with Gasteiger partial charge in [-0.15, -0.1) is 0 Å². The zero-order valence-corrected chi connectivity index (χ0v) is 25.4. The van der Waals surface area contributed by atoms with Gasteiger partial charge in [-0.25, -0.2) is 0 Å². The molecule has 1 aromatic heterocycles. The van der Waals surface area contributed by atoms with E-state index in [0.29, 0.717) is 25.3 Å². The van der Waals surface area contributed by atoms with Crippen LogP contribution in [0.5, 0.6) is 0 Å². The fourth-order valence-electron chi connectivity index (χ4n) is 4.86. The van der Waals surface area contributed by atoms with Gasteiger partial charge in [0, 0.05) is 18.7 Å². The van der Waals surface area contributed by atoms with Gasteiger partial charge in [0.15, 0.2) is 0 Å². The number of aromatic nitrogens is 1. The van der Waals surface area contributed by atoms with E-state index in [-0.39, 0.29) is 18.2 Å². The van der Waals surface area contributed by atoms with Crippen molar-refractivity contribution in [2.24, 2.45) is 11.8 Å². The number of ether oxygens (including phenoxy) is 1. The highest BCUT2D eigenvalue weighted by molar-refractivity contribution is 5.91. The maximum atomic E-state index is 12.5. The minimum Gasteiger partial charge on any atom is -0.481 e. The Labute approximate surface area is 251 Å². The highest BCUT2D eigenvalue weighted by atomic mass is 16.5. The summed E-state index contributed by atoms with van der Waals surface area (Å²) in [4.78, 5) is 28.5. The Morgan fingerprint density at radius 2 is 1.64 bits per heavy atom.